The first-order valence-corrected chi connectivity index (χ1v) is 8.54. The first kappa shape index (κ1) is 12.4. The zero-order valence-electron chi connectivity index (χ0n) is 11.9. The minimum absolute atomic E-state index is 0.587. The Hall–Kier alpha value is -0.370. The summed E-state index contributed by atoms with van der Waals surface area (Å²) in [5, 5.41) is 3.68. The standard InChI is InChI=1S/C17H27NO/c19-17(10-14-6-11-1-2-13(14)5-11)9-12-7-15-3-4-16(8-12)18-15/h11-16,18H,1-10H2. The van der Waals surface area contributed by atoms with Gasteiger partial charge in [0.2, 0.25) is 0 Å². The van der Waals surface area contributed by atoms with Crippen LogP contribution in [0, 0.1) is 23.7 Å². The molecule has 4 bridgehead atoms. The van der Waals surface area contributed by atoms with E-state index < -0.39 is 0 Å². The van der Waals surface area contributed by atoms with Crippen molar-refractivity contribution in [3.05, 3.63) is 0 Å². The lowest BCUT2D eigenvalue weighted by Crippen LogP contribution is -2.38. The Morgan fingerprint density at radius 1 is 0.895 bits per heavy atom. The van der Waals surface area contributed by atoms with Crippen molar-refractivity contribution in [2.45, 2.75) is 76.3 Å². The summed E-state index contributed by atoms with van der Waals surface area (Å²) in [7, 11) is 0. The van der Waals surface area contributed by atoms with Gasteiger partial charge >= 0.3 is 0 Å². The van der Waals surface area contributed by atoms with Crippen molar-refractivity contribution in [3.63, 3.8) is 0 Å². The van der Waals surface area contributed by atoms with Gasteiger partial charge in [0.25, 0.3) is 0 Å². The third-order valence-corrected chi connectivity index (χ3v) is 6.46. The van der Waals surface area contributed by atoms with Crippen LogP contribution < -0.4 is 5.32 Å². The van der Waals surface area contributed by atoms with Gasteiger partial charge in [-0.15, -0.1) is 0 Å². The van der Waals surface area contributed by atoms with Crippen molar-refractivity contribution >= 4 is 5.78 Å². The van der Waals surface area contributed by atoms with Crippen LogP contribution in [-0.2, 0) is 4.79 Å². The summed E-state index contributed by atoms with van der Waals surface area (Å²) in [6.45, 7) is 0. The van der Waals surface area contributed by atoms with E-state index in [0.717, 1.165) is 42.7 Å². The fourth-order valence-electron chi connectivity index (χ4n) is 5.67. The molecular weight excluding hydrogens is 234 g/mol. The summed E-state index contributed by atoms with van der Waals surface area (Å²) in [6, 6.07) is 1.47. The minimum atomic E-state index is 0.587. The van der Waals surface area contributed by atoms with Crippen molar-refractivity contribution in [3.8, 4) is 0 Å². The van der Waals surface area contributed by atoms with Crippen molar-refractivity contribution in [1.29, 1.82) is 0 Å². The summed E-state index contributed by atoms with van der Waals surface area (Å²) < 4.78 is 0. The highest BCUT2D eigenvalue weighted by molar-refractivity contribution is 5.79. The lowest BCUT2D eigenvalue weighted by Gasteiger charge is -2.29. The molecule has 5 atom stereocenters. The van der Waals surface area contributed by atoms with Crippen LogP contribution in [0.4, 0.5) is 0 Å². The molecule has 2 saturated carbocycles. The van der Waals surface area contributed by atoms with E-state index >= 15 is 0 Å². The number of nitrogens with one attached hydrogen (secondary N) is 1. The third-order valence-electron chi connectivity index (χ3n) is 6.46. The van der Waals surface area contributed by atoms with Crippen LogP contribution in [0.2, 0.25) is 0 Å². The average Bonchev–Trinajstić information content (AvgIpc) is 3.05. The molecular formula is C17H27NO. The second-order valence-corrected chi connectivity index (χ2v) is 7.86. The molecule has 2 aliphatic heterocycles. The average molecular weight is 261 g/mol. The summed E-state index contributed by atoms with van der Waals surface area (Å²) >= 11 is 0. The molecule has 2 heterocycles. The number of Topliss-reactive ketones (excluding diaryl/α,β-unsaturated/α-hetero) is 1. The van der Waals surface area contributed by atoms with Crippen molar-refractivity contribution < 1.29 is 4.79 Å². The molecule has 19 heavy (non-hydrogen) atoms. The van der Waals surface area contributed by atoms with E-state index in [9.17, 15) is 4.79 Å². The highest BCUT2D eigenvalue weighted by Crippen LogP contribution is 2.49. The lowest BCUT2D eigenvalue weighted by molar-refractivity contribution is -0.121. The highest BCUT2D eigenvalue weighted by Gasteiger charge is 2.40. The van der Waals surface area contributed by atoms with Crippen LogP contribution in [0.5, 0.6) is 0 Å². The molecule has 106 valence electrons. The van der Waals surface area contributed by atoms with Crippen LogP contribution in [0.3, 0.4) is 0 Å². The predicted molar refractivity (Wildman–Crippen MR) is 75.8 cm³/mol. The fourth-order valence-corrected chi connectivity index (χ4v) is 5.67. The maximum Gasteiger partial charge on any atom is 0.133 e. The number of fused-ring (bicyclic) bond motifs is 4. The van der Waals surface area contributed by atoms with Gasteiger partial charge in [-0.3, -0.25) is 4.79 Å². The van der Waals surface area contributed by atoms with Gasteiger partial charge in [0.1, 0.15) is 5.78 Å². The predicted octanol–water partition coefficient (Wildman–Crippen LogP) is 3.30. The summed E-state index contributed by atoms with van der Waals surface area (Å²) in [4.78, 5) is 12.4. The molecule has 0 aromatic carbocycles. The van der Waals surface area contributed by atoms with E-state index in [1.54, 1.807) is 0 Å². The molecule has 0 aromatic rings. The van der Waals surface area contributed by atoms with E-state index in [-0.39, 0.29) is 0 Å². The molecule has 4 rings (SSSR count). The van der Waals surface area contributed by atoms with Gasteiger partial charge in [0.15, 0.2) is 0 Å². The first-order chi connectivity index (χ1) is 9.26. The number of piperidine rings is 1. The van der Waals surface area contributed by atoms with Gasteiger partial charge in [-0.2, -0.15) is 0 Å². The Balaban J connectivity index is 1.27. The van der Waals surface area contributed by atoms with Gasteiger partial charge in [0.05, 0.1) is 0 Å². The van der Waals surface area contributed by atoms with Crippen LogP contribution in [0.15, 0.2) is 0 Å². The Bertz CT molecular complexity index is 354. The summed E-state index contributed by atoms with van der Waals surface area (Å²) in [5.41, 5.74) is 0. The number of ketones is 1. The molecule has 2 nitrogen and oxygen atoms in total. The molecule has 4 fully saturated rings. The Morgan fingerprint density at radius 2 is 1.68 bits per heavy atom. The second kappa shape index (κ2) is 4.87. The molecule has 1 N–H and O–H groups in total. The molecule has 0 radical (unpaired) electrons. The maximum atomic E-state index is 12.4. The summed E-state index contributed by atoms with van der Waals surface area (Å²) in [6.07, 6.45) is 12.7. The quantitative estimate of drug-likeness (QED) is 0.841. The molecule has 2 aliphatic carbocycles. The molecule has 4 aliphatic rings. The van der Waals surface area contributed by atoms with Crippen molar-refractivity contribution in [2.75, 3.05) is 0 Å². The largest absolute Gasteiger partial charge is 0.311 e. The zero-order chi connectivity index (χ0) is 12.8. The number of hydrogen-bond acceptors (Lipinski definition) is 2. The van der Waals surface area contributed by atoms with Crippen molar-refractivity contribution in [1.82, 2.24) is 5.32 Å². The van der Waals surface area contributed by atoms with Gasteiger partial charge in [-0.1, -0.05) is 6.42 Å². The van der Waals surface area contributed by atoms with E-state index in [2.05, 4.69) is 5.32 Å². The first-order valence-electron chi connectivity index (χ1n) is 8.54. The minimum Gasteiger partial charge on any atom is -0.311 e. The molecule has 0 amide bonds. The van der Waals surface area contributed by atoms with Crippen LogP contribution >= 0.6 is 0 Å². The molecule has 0 aromatic heterocycles. The summed E-state index contributed by atoms with van der Waals surface area (Å²) in [5.74, 6) is 3.95. The number of carbonyl (C=O) groups excluding carboxylic acids is 1. The van der Waals surface area contributed by atoms with E-state index in [4.69, 9.17) is 0 Å². The number of carbonyl (C=O) groups is 1. The number of rotatable bonds is 4. The molecule has 0 spiro atoms. The fraction of sp³-hybridized carbons (Fsp3) is 0.941. The Morgan fingerprint density at radius 3 is 2.32 bits per heavy atom. The molecule has 2 heteroatoms. The Labute approximate surface area is 116 Å². The Kier molecular flexibility index (Phi) is 3.17. The maximum absolute atomic E-state index is 12.4. The normalized spacial score (nSPS) is 47.8. The van der Waals surface area contributed by atoms with Crippen LogP contribution in [0.25, 0.3) is 0 Å². The highest BCUT2D eigenvalue weighted by atomic mass is 16.1. The second-order valence-electron chi connectivity index (χ2n) is 7.86. The smallest absolute Gasteiger partial charge is 0.133 e. The van der Waals surface area contributed by atoms with Crippen LogP contribution in [-0.4, -0.2) is 17.9 Å². The monoisotopic (exact) mass is 261 g/mol. The topological polar surface area (TPSA) is 29.1 Å². The van der Waals surface area contributed by atoms with Gasteiger partial charge < -0.3 is 5.32 Å². The lowest BCUT2D eigenvalue weighted by atomic mass is 9.82. The third kappa shape index (κ3) is 2.49. The van der Waals surface area contributed by atoms with Gasteiger partial charge in [-0.05, 0) is 68.6 Å². The van der Waals surface area contributed by atoms with E-state index in [1.807, 2.05) is 0 Å². The molecule has 5 unspecified atom stereocenters. The van der Waals surface area contributed by atoms with Gasteiger partial charge in [-0.25, -0.2) is 0 Å². The number of hydrogen-bond donors (Lipinski definition) is 1. The van der Waals surface area contributed by atoms with E-state index in [0.29, 0.717) is 11.7 Å². The van der Waals surface area contributed by atoms with Crippen molar-refractivity contribution in [2.24, 2.45) is 23.7 Å². The van der Waals surface area contributed by atoms with Gasteiger partial charge in [0, 0.05) is 24.9 Å². The van der Waals surface area contributed by atoms with Crippen LogP contribution in [0.1, 0.15) is 64.2 Å². The molecule has 2 saturated heterocycles. The SMILES string of the molecule is O=C(CC1CC2CCC(C1)N2)CC1CC2CCC1C2. The van der Waals surface area contributed by atoms with E-state index in [1.165, 1.54) is 51.4 Å². The zero-order valence-corrected chi connectivity index (χ0v) is 11.9.